The van der Waals surface area contributed by atoms with Gasteiger partial charge in [-0.25, -0.2) is 0 Å². The minimum absolute atomic E-state index is 0.936. The third kappa shape index (κ3) is 2.86. The highest BCUT2D eigenvalue weighted by atomic mass is 15.1. The summed E-state index contributed by atoms with van der Waals surface area (Å²) in [5.74, 6) is 0. The molecule has 0 spiro atoms. The maximum Gasteiger partial charge on any atom is 0.0366 e. The van der Waals surface area contributed by atoms with E-state index in [9.17, 15) is 0 Å². The van der Waals surface area contributed by atoms with E-state index in [0.29, 0.717) is 0 Å². The van der Waals surface area contributed by atoms with Crippen molar-refractivity contribution < 1.29 is 0 Å². The van der Waals surface area contributed by atoms with Crippen LogP contribution in [0, 0.1) is 0 Å². The average molecular weight is 266 g/mol. The number of nitrogens with zero attached hydrogens (tertiary/aromatic N) is 1. The summed E-state index contributed by atoms with van der Waals surface area (Å²) in [7, 11) is 1.99. The maximum atomic E-state index is 3.19. The molecular formula is C18H22N2. The normalized spacial score (nSPS) is 14.8. The molecule has 0 bridgehead atoms. The van der Waals surface area contributed by atoms with Gasteiger partial charge in [0.15, 0.2) is 0 Å². The molecule has 0 fully saturated rings. The topological polar surface area (TPSA) is 15.3 Å². The van der Waals surface area contributed by atoms with Gasteiger partial charge in [-0.2, -0.15) is 0 Å². The van der Waals surface area contributed by atoms with Gasteiger partial charge in [-0.15, -0.1) is 0 Å². The lowest BCUT2D eigenvalue weighted by atomic mass is 10.0. The van der Waals surface area contributed by atoms with Crippen LogP contribution in [-0.2, 0) is 19.4 Å². The first-order valence-corrected chi connectivity index (χ1v) is 7.42. The van der Waals surface area contributed by atoms with Crippen molar-refractivity contribution in [3.8, 4) is 0 Å². The summed E-state index contributed by atoms with van der Waals surface area (Å²) < 4.78 is 0. The molecule has 0 unspecified atom stereocenters. The fourth-order valence-electron chi connectivity index (χ4n) is 2.95. The first-order valence-electron chi connectivity index (χ1n) is 7.42. The Bertz CT molecular complexity index is 533. The van der Waals surface area contributed by atoms with Crippen LogP contribution in [0.15, 0.2) is 48.5 Å². The Morgan fingerprint density at radius 2 is 1.50 bits per heavy atom. The highest BCUT2D eigenvalue weighted by Crippen LogP contribution is 2.21. The van der Waals surface area contributed by atoms with Crippen LogP contribution in [0.2, 0.25) is 0 Å². The van der Waals surface area contributed by atoms with Gasteiger partial charge in [-0.1, -0.05) is 36.4 Å². The SMILES string of the molecule is CNCc1ccc(N2CCc3ccccc3CC2)cc1. The highest BCUT2D eigenvalue weighted by Gasteiger charge is 2.13. The quantitative estimate of drug-likeness (QED) is 0.918. The van der Waals surface area contributed by atoms with Gasteiger partial charge in [0.25, 0.3) is 0 Å². The Kier molecular flexibility index (Phi) is 4.03. The van der Waals surface area contributed by atoms with Crippen molar-refractivity contribution in [3.63, 3.8) is 0 Å². The molecule has 104 valence electrons. The Morgan fingerprint density at radius 1 is 0.900 bits per heavy atom. The van der Waals surface area contributed by atoms with Crippen molar-refractivity contribution in [1.82, 2.24) is 5.32 Å². The number of benzene rings is 2. The summed E-state index contributed by atoms with van der Waals surface area (Å²) in [4.78, 5) is 2.50. The van der Waals surface area contributed by atoms with Crippen LogP contribution >= 0.6 is 0 Å². The lowest BCUT2D eigenvalue weighted by molar-refractivity contribution is 0.800. The predicted octanol–water partition coefficient (Wildman–Crippen LogP) is 3.01. The maximum absolute atomic E-state index is 3.19. The highest BCUT2D eigenvalue weighted by molar-refractivity contribution is 5.49. The van der Waals surface area contributed by atoms with E-state index in [-0.39, 0.29) is 0 Å². The van der Waals surface area contributed by atoms with Gasteiger partial charge in [-0.3, -0.25) is 0 Å². The van der Waals surface area contributed by atoms with Crippen molar-refractivity contribution in [2.45, 2.75) is 19.4 Å². The molecule has 0 aromatic heterocycles. The Labute approximate surface area is 121 Å². The Balaban J connectivity index is 1.73. The molecule has 3 rings (SSSR count). The third-order valence-corrected chi connectivity index (χ3v) is 4.10. The van der Waals surface area contributed by atoms with Gasteiger partial charge in [0.2, 0.25) is 0 Å². The number of nitrogens with one attached hydrogen (secondary N) is 1. The molecule has 2 heteroatoms. The predicted molar refractivity (Wildman–Crippen MR) is 85.3 cm³/mol. The smallest absolute Gasteiger partial charge is 0.0366 e. The molecule has 2 aromatic rings. The van der Waals surface area contributed by atoms with E-state index in [1.807, 2.05) is 7.05 Å². The molecule has 0 saturated carbocycles. The van der Waals surface area contributed by atoms with Gasteiger partial charge in [0, 0.05) is 25.3 Å². The van der Waals surface area contributed by atoms with Gasteiger partial charge in [0.1, 0.15) is 0 Å². The zero-order valence-electron chi connectivity index (χ0n) is 12.1. The molecule has 20 heavy (non-hydrogen) atoms. The first-order chi connectivity index (χ1) is 9.86. The van der Waals surface area contributed by atoms with E-state index in [1.165, 1.54) is 22.4 Å². The summed E-state index contributed by atoms with van der Waals surface area (Å²) in [5, 5.41) is 3.19. The van der Waals surface area contributed by atoms with Gasteiger partial charge < -0.3 is 10.2 Å². The lowest BCUT2D eigenvalue weighted by Crippen LogP contribution is -2.25. The van der Waals surface area contributed by atoms with Crippen molar-refractivity contribution >= 4 is 5.69 Å². The fraction of sp³-hybridized carbons (Fsp3) is 0.333. The molecule has 0 saturated heterocycles. The molecule has 1 heterocycles. The monoisotopic (exact) mass is 266 g/mol. The summed E-state index contributed by atoms with van der Waals surface area (Å²) in [6.07, 6.45) is 2.29. The van der Waals surface area contributed by atoms with Gasteiger partial charge >= 0.3 is 0 Å². The first kappa shape index (κ1) is 13.2. The number of hydrogen-bond acceptors (Lipinski definition) is 2. The zero-order valence-corrected chi connectivity index (χ0v) is 12.1. The van der Waals surface area contributed by atoms with Crippen LogP contribution in [0.25, 0.3) is 0 Å². The summed E-state index contributed by atoms with van der Waals surface area (Å²) >= 11 is 0. The van der Waals surface area contributed by atoms with Crippen molar-refractivity contribution in [2.75, 3.05) is 25.0 Å². The van der Waals surface area contributed by atoms with Crippen LogP contribution in [0.5, 0.6) is 0 Å². The standard InChI is InChI=1S/C18H22N2/c1-19-14-15-6-8-18(9-7-15)20-12-10-16-4-2-3-5-17(16)11-13-20/h2-9,19H,10-14H2,1H3. The molecule has 1 aliphatic rings. The Hall–Kier alpha value is -1.80. The van der Waals surface area contributed by atoms with E-state index in [0.717, 1.165) is 32.5 Å². The van der Waals surface area contributed by atoms with Crippen LogP contribution in [-0.4, -0.2) is 20.1 Å². The summed E-state index contributed by atoms with van der Waals surface area (Å²) in [5.41, 5.74) is 5.72. The van der Waals surface area contributed by atoms with Crippen molar-refractivity contribution in [1.29, 1.82) is 0 Å². The molecular weight excluding hydrogens is 244 g/mol. The van der Waals surface area contributed by atoms with Crippen LogP contribution < -0.4 is 10.2 Å². The second kappa shape index (κ2) is 6.10. The second-order valence-electron chi connectivity index (χ2n) is 5.45. The number of fused-ring (bicyclic) bond motifs is 1. The van der Waals surface area contributed by atoms with E-state index in [4.69, 9.17) is 0 Å². The number of hydrogen-bond donors (Lipinski definition) is 1. The molecule has 0 aliphatic carbocycles. The van der Waals surface area contributed by atoms with E-state index >= 15 is 0 Å². The van der Waals surface area contributed by atoms with E-state index in [2.05, 4.69) is 58.7 Å². The molecule has 2 nitrogen and oxygen atoms in total. The fourth-order valence-corrected chi connectivity index (χ4v) is 2.95. The molecule has 1 N–H and O–H groups in total. The largest absolute Gasteiger partial charge is 0.371 e. The molecule has 0 radical (unpaired) electrons. The Morgan fingerprint density at radius 3 is 2.05 bits per heavy atom. The lowest BCUT2D eigenvalue weighted by Gasteiger charge is -2.22. The van der Waals surface area contributed by atoms with Gasteiger partial charge in [0.05, 0.1) is 0 Å². The van der Waals surface area contributed by atoms with Crippen molar-refractivity contribution in [3.05, 3.63) is 65.2 Å². The summed E-state index contributed by atoms with van der Waals surface area (Å²) in [6.45, 7) is 3.16. The molecule has 0 amide bonds. The minimum Gasteiger partial charge on any atom is -0.371 e. The summed E-state index contributed by atoms with van der Waals surface area (Å²) in [6, 6.07) is 17.8. The number of rotatable bonds is 3. The van der Waals surface area contributed by atoms with E-state index in [1.54, 1.807) is 0 Å². The minimum atomic E-state index is 0.936. The number of anilines is 1. The molecule has 2 aromatic carbocycles. The van der Waals surface area contributed by atoms with Crippen LogP contribution in [0.4, 0.5) is 5.69 Å². The average Bonchev–Trinajstić information content (AvgIpc) is 2.71. The van der Waals surface area contributed by atoms with E-state index < -0.39 is 0 Å². The van der Waals surface area contributed by atoms with Crippen LogP contribution in [0.3, 0.4) is 0 Å². The third-order valence-electron chi connectivity index (χ3n) is 4.10. The van der Waals surface area contributed by atoms with Crippen LogP contribution in [0.1, 0.15) is 16.7 Å². The van der Waals surface area contributed by atoms with Gasteiger partial charge in [-0.05, 0) is 48.7 Å². The second-order valence-corrected chi connectivity index (χ2v) is 5.45. The molecule has 0 atom stereocenters. The zero-order chi connectivity index (χ0) is 13.8. The molecule has 1 aliphatic heterocycles. The van der Waals surface area contributed by atoms with Crippen molar-refractivity contribution in [2.24, 2.45) is 0 Å².